The van der Waals surface area contributed by atoms with Crippen molar-refractivity contribution >= 4 is 23.7 Å². The van der Waals surface area contributed by atoms with Gasteiger partial charge in [0.2, 0.25) is 0 Å². The van der Waals surface area contributed by atoms with E-state index in [2.05, 4.69) is 6.58 Å². The Kier molecular flexibility index (Phi) is 6.88. The van der Waals surface area contributed by atoms with Crippen LogP contribution in [0.4, 0.5) is 0 Å². The fourth-order valence-electron chi connectivity index (χ4n) is 6.50. The highest BCUT2D eigenvalue weighted by atomic mass is 16.6. The van der Waals surface area contributed by atoms with Crippen LogP contribution < -0.4 is 0 Å². The Labute approximate surface area is 200 Å². The average Bonchev–Trinajstić information content (AvgIpc) is 2.69. The lowest BCUT2D eigenvalue weighted by molar-refractivity contribution is -0.210. The molecule has 0 spiro atoms. The molecule has 2 saturated carbocycles. The maximum Gasteiger partial charge on any atom is 0.303 e. The summed E-state index contributed by atoms with van der Waals surface area (Å²) in [6.07, 6.45) is -3.10. The molecule has 3 aliphatic carbocycles. The second kappa shape index (κ2) is 8.95. The van der Waals surface area contributed by atoms with Crippen LogP contribution in [0.15, 0.2) is 23.3 Å². The molecule has 2 fully saturated rings. The van der Waals surface area contributed by atoms with Crippen molar-refractivity contribution in [2.24, 2.45) is 22.7 Å². The van der Waals surface area contributed by atoms with Gasteiger partial charge < -0.3 is 19.3 Å². The van der Waals surface area contributed by atoms with Gasteiger partial charge in [-0.2, -0.15) is 0 Å². The lowest BCUT2D eigenvalue weighted by Gasteiger charge is -2.58. The molecule has 188 valence electrons. The highest BCUT2D eigenvalue weighted by Gasteiger charge is 2.63. The highest BCUT2D eigenvalue weighted by Crippen LogP contribution is 2.60. The molecule has 0 aliphatic heterocycles. The normalized spacial score (nSPS) is 37.2. The first-order valence-corrected chi connectivity index (χ1v) is 11.7. The molecule has 3 rings (SSSR count). The smallest absolute Gasteiger partial charge is 0.303 e. The molecule has 1 N–H and O–H groups in total. The lowest BCUT2D eigenvalue weighted by Crippen LogP contribution is -2.64. The van der Waals surface area contributed by atoms with Crippen LogP contribution in [-0.2, 0) is 33.4 Å². The van der Waals surface area contributed by atoms with Gasteiger partial charge in [0.15, 0.2) is 18.0 Å². The number of carbonyl (C=O) groups is 4. The summed E-state index contributed by atoms with van der Waals surface area (Å²) in [5.74, 6) is -2.41. The average molecular weight is 477 g/mol. The van der Waals surface area contributed by atoms with Crippen LogP contribution in [0.2, 0.25) is 0 Å². The number of esters is 3. The van der Waals surface area contributed by atoms with Gasteiger partial charge in [0.25, 0.3) is 0 Å². The van der Waals surface area contributed by atoms with Crippen molar-refractivity contribution in [3.8, 4) is 0 Å². The maximum atomic E-state index is 13.1. The summed E-state index contributed by atoms with van der Waals surface area (Å²) in [4.78, 5) is 49.9. The minimum Gasteiger partial charge on any atom is -0.462 e. The molecule has 0 radical (unpaired) electrons. The van der Waals surface area contributed by atoms with Gasteiger partial charge in [-0.1, -0.05) is 27.4 Å². The molecule has 0 amide bonds. The monoisotopic (exact) mass is 476 g/mol. The first kappa shape index (κ1) is 26.1. The fourth-order valence-corrected chi connectivity index (χ4v) is 6.50. The molecule has 0 aromatic rings. The minimum absolute atomic E-state index is 0.0554. The Hall–Kier alpha value is -2.48. The summed E-state index contributed by atoms with van der Waals surface area (Å²) in [6, 6.07) is 0. The highest BCUT2D eigenvalue weighted by molar-refractivity contribution is 5.97. The van der Waals surface area contributed by atoms with Crippen LogP contribution in [0, 0.1) is 22.7 Å². The number of aliphatic hydroxyl groups is 1. The number of carbonyl (C=O) groups excluding carboxylic acids is 4. The van der Waals surface area contributed by atoms with Crippen molar-refractivity contribution in [3.63, 3.8) is 0 Å². The van der Waals surface area contributed by atoms with Crippen molar-refractivity contribution in [2.75, 3.05) is 0 Å². The number of Topliss-reactive ketones (excluding diaryl/α,β-unsaturated/α-hetero) is 1. The number of rotatable bonds is 3. The fraction of sp³-hybridized carbons (Fsp3) is 0.692. The van der Waals surface area contributed by atoms with Crippen molar-refractivity contribution in [2.45, 2.75) is 92.1 Å². The molecular formula is C26H36O8. The van der Waals surface area contributed by atoms with Crippen molar-refractivity contribution in [1.82, 2.24) is 0 Å². The van der Waals surface area contributed by atoms with E-state index in [4.69, 9.17) is 14.2 Å². The van der Waals surface area contributed by atoms with Crippen molar-refractivity contribution in [3.05, 3.63) is 23.3 Å². The third kappa shape index (κ3) is 4.21. The van der Waals surface area contributed by atoms with E-state index in [-0.39, 0.29) is 18.1 Å². The Morgan fingerprint density at radius 3 is 2.06 bits per heavy atom. The number of allylic oxidation sites excluding steroid dienone is 1. The summed E-state index contributed by atoms with van der Waals surface area (Å²) in [7, 11) is 0. The van der Waals surface area contributed by atoms with Gasteiger partial charge in [0.05, 0.1) is 11.5 Å². The first-order valence-electron chi connectivity index (χ1n) is 11.7. The molecule has 7 unspecified atom stereocenters. The second-order valence-electron chi connectivity index (χ2n) is 10.7. The van der Waals surface area contributed by atoms with Crippen LogP contribution in [0.3, 0.4) is 0 Å². The molecule has 3 aliphatic rings. The van der Waals surface area contributed by atoms with E-state index >= 15 is 0 Å². The van der Waals surface area contributed by atoms with Gasteiger partial charge in [0, 0.05) is 33.6 Å². The molecule has 34 heavy (non-hydrogen) atoms. The number of hydrogen-bond acceptors (Lipinski definition) is 8. The van der Waals surface area contributed by atoms with Crippen molar-refractivity contribution in [1.29, 1.82) is 0 Å². The quantitative estimate of drug-likeness (QED) is 0.375. The van der Waals surface area contributed by atoms with Crippen LogP contribution in [-0.4, -0.2) is 53.2 Å². The standard InChI is InChI=1S/C26H36O8/c1-12-18-9-17-10-19(30)13(2)22(25(17,6)7)23(33-15(4)28)24(34-16(5)29)26(18,8)21(11-20(12)31)32-14(3)27/h17-18,20-21,23-24,31H,1,9-11H2,2-8H3. The Bertz CT molecular complexity index is 960. The SMILES string of the molecule is C=C1C(O)CC(OC(C)=O)C2(C)C1CC1CC(=O)C(C)=C(C(OC(C)=O)C2OC(C)=O)C1(C)C. The van der Waals surface area contributed by atoms with Gasteiger partial charge in [-0.25, -0.2) is 0 Å². The number of aliphatic hydroxyl groups excluding tert-OH is 1. The zero-order valence-electron chi connectivity index (χ0n) is 21.1. The molecule has 0 aromatic heterocycles. The molecule has 7 atom stereocenters. The number of ether oxygens (including phenoxy) is 3. The molecule has 8 heteroatoms. The Morgan fingerprint density at radius 1 is 0.971 bits per heavy atom. The van der Waals surface area contributed by atoms with Gasteiger partial charge in [-0.3, -0.25) is 19.2 Å². The number of ketones is 1. The van der Waals surface area contributed by atoms with Crippen molar-refractivity contribution < 1.29 is 38.5 Å². The number of hydrogen-bond donors (Lipinski definition) is 1. The van der Waals surface area contributed by atoms with E-state index in [0.717, 1.165) is 0 Å². The Morgan fingerprint density at radius 2 is 1.53 bits per heavy atom. The lowest BCUT2D eigenvalue weighted by atomic mass is 9.50. The maximum absolute atomic E-state index is 13.1. The zero-order valence-corrected chi connectivity index (χ0v) is 21.1. The van der Waals surface area contributed by atoms with Gasteiger partial charge >= 0.3 is 17.9 Å². The summed E-state index contributed by atoms with van der Waals surface area (Å²) in [6.45, 7) is 15.5. The van der Waals surface area contributed by atoms with Crippen LogP contribution in [0.1, 0.15) is 67.7 Å². The van der Waals surface area contributed by atoms with Gasteiger partial charge in [-0.05, 0) is 47.3 Å². The van der Waals surface area contributed by atoms with Gasteiger partial charge in [0.1, 0.15) is 6.10 Å². The van der Waals surface area contributed by atoms with E-state index in [1.165, 1.54) is 20.8 Å². The number of fused-ring (bicyclic) bond motifs is 3. The summed E-state index contributed by atoms with van der Waals surface area (Å²) in [5, 5.41) is 10.8. The third-order valence-electron chi connectivity index (χ3n) is 8.31. The van der Waals surface area contributed by atoms with Gasteiger partial charge in [-0.15, -0.1) is 0 Å². The van der Waals surface area contributed by atoms with Crippen LogP contribution in [0.25, 0.3) is 0 Å². The predicted molar refractivity (Wildman–Crippen MR) is 122 cm³/mol. The van der Waals surface area contributed by atoms with Crippen LogP contribution >= 0.6 is 0 Å². The largest absolute Gasteiger partial charge is 0.462 e. The molecule has 0 heterocycles. The molecule has 0 saturated heterocycles. The Balaban J connectivity index is 2.37. The molecule has 0 aromatic carbocycles. The first-order chi connectivity index (χ1) is 15.6. The van der Waals surface area contributed by atoms with Crippen LogP contribution in [0.5, 0.6) is 0 Å². The summed E-state index contributed by atoms with van der Waals surface area (Å²) >= 11 is 0. The molecular weight excluding hydrogens is 440 g/mol. The zero-order chi connectivity index (χ0) is 25.7. The molecule has 2 bridgehead atoms. The molecule has 8 nitrogen and oxygen atoms in total. The van der Waals surface area contributed by atoms with E-state index in [1.54, 1.807) is 6.92 Å². The van der Waals surface area contributed by atoms with E-state index in [0.29, 0.717) is 29.6 Å². The second-order valence-corrected chi connectivity index (χ2v) is 10.7. The van der Waals surface area contributed by atoms with E-state index < -0.39 is 59.1 Å². The topological polar surface area (TPSA) is 116 Å². The summed E-state index contributed by atoms with van der Waals surface area (Å²) in [5.41, 5.74) is -0.00694. The van der Waals surface area contributed by atoms with E-state index in [9.17, 15) is 24.3 Å². The minimum atomic E-state index is -1.08. The third-order valence-corrected chi connectivity index (χ3v) is 8.31. The van der Waals surface area contributed by atoms with E-state index in [1.807, 2.05) is 20.8 Å². The summed E-state index contributed by atoms with van der Waals surface area (Å²) < 4.78 is 17.5. The predicted octanol–water partition coefficient (Wildman–Crippen LogP) is 3.06.